The van der Waals surface area contributed by atoms with E-state index in [1.54, 1.807) is 24.3 Å². The van der Waals surface area contributed by atoms with Crippen LogP contribution in [-0.2, 0) is 10.0 Å². The van der Waals surface area contributed by atoms with Gasteiger partial charge >= 0.3 is 0 Å². The maximum atomic E-state index is 11.3. The molecule has 0 atom stereocenters. The molecule has 68 valence electrons. The van der Waals surface area contributed by atoms with Crippen molar-refractivity contribution in [1.29, 1.82) is 5.26 Å². The van der Waals surface area contributed by atoms with Crippen LogP contribution in [0.5, 0.6) is 0 Å². The van der Waals surface area contributed by atoms with Crippen molar-refractivity contribution in [2.24, 2.45) is 0 Å². The normalized spacial score (nSPS) is 10.7. The van der Waals surface area contributed by atoms with Crippen molar-refractivity contribution in [2.75, 3.05) is 6.54 Å². The number of sulfonamides is 1. The van der Waals surface area contributed by atoms with Crippen molar-refractivity contribution in [3.8, 4) is 6.07 Å². The summed E-state index contributed by atoms with van der Waals surface area (Å²) in [6.07, 6.45) is 0. The van der Waals surface area contributed by atoms with Crippen molar-refractivity contribution in [3.63, 3.8) is 0 Å². The average Bonchev–Trinajstić information content (AvgIpc) is 2.16. The lowest BCUT2D eigenvalue weighted by Crippen LogP contribution is -2.23. The predicted molar refractivity (Wildman–Crippen MR) is 47.2 cm³/mol. The lowest BCUT2D eigenvalue weighted by atomic mass is 10.4. The monoisotopic (exact) mass is 196 g/mol. The lowest BCUT2D eigenvalue weighted by Gasteiger charge is -2.01. The maximum absolute atomic E-state index is 11.3. The first-order valence-corrected chi connectivity index (χ1v) is 5.07. The number of hydrogen-bond donors (Lipinski definition) is 1. The molecule has 1 rings (SSSR count). The van der Waals surface area contributed by atoms with Crippen LogP contribution < -0.4 is 4.72 Å². The average molecular weight is 196 g/mol. The Hall–Kier alpha value is -1.38. The Balaban J connectivity index is 2.90. The summed E-state index contributed by atoms with van der Waals surface area (Å²) in [4.78, 5) is 0.172. The minimum Gasteiger partial charge on any atom is -0.207 e. The topological polar surface area (TPSA) is 70.0 Å². The van der Waals surface area contributed by atoms with Gasteiger partial charge in [0, 0.05) is 0 Å². The van der Waals surface area contributed by atoms with E-state index in [-0.39, 0.29) is 11.4 Å². The molecule has 0 aromatic heterocycles. The molecule has 1 N–H and O–H groups in total. The standard InChI is InChI=1S/C8H8N2O2S/c9-6-7-10-13(11,12)8-4-2-1-3-5-8/h1-5,10H,7H2. The highest BCUT2D eigenvalue weighted by atomic mass is 32.2. The zero-order valence-corrected chi connectivity index (χ0v) is 7.58. The molecule has 0 aliphatic rings. The van der Waals surface area contributed by atoms with Gasteiger partial charge in [-0.05, 0) is 12.1 Å². The van der Waals surface area contributed by atoms with Gasteiger partial charge in [-0.3, -0.25) is 0 Å². The third-order valence-electron chi connectivity index (χ3n) is 1.39. The van der Waals surface area contributed by atoms with E-state index in [2.05, 4.69) is 4.72 Å². The first-order chi connectivity index (χ1) is 6.17. The van der Waals surface area contributed by atoms with Crippen LogP contribution in [0.3, 0.4) is 0 Å². The van der Waals surface area contributed by atoms with E-state index in [9.17, 15) is 8.42 Å². The maximum Gasteiger partial charge on any atom is 0.241 e. The number of nitrogens with zero attached hydrogens (tertiary/aromatic N) is 1. The van der Waals surface area contributed by atoms with Crippen molar-refractivity contribution in [3.05, 3.63) is 30.3 Å². The van der Waals surface area contributed by atoms with Gasteiger partial charge in [-0.1, -0.05) is 18.2 Å². The smallest absolute Gasteiger partial charge is 0.207 e. The van der Waals surface area contributed by atoms with E-state index in [4.69, 9.17) is 5.26 Å². The third kappa shape index (κ3) is 2.54. The van der Waals surface area contributed by atoms with Gasteiger partial charge < -0.3 is 0 Å². The largest absolute Gasteiger partial charge is 0.241 e. The van der Waals surface area contributed by atoms with Crippen molar-refractivity contribution in [1.82, 2.24) is 4.72 Å². The molecule has 1 aromatic carbocycles. The van der Waals surface area contributed by atoms with Crippen LogP contribution in [-0.4, -0.2) is 15.0 Å². The van der Waals surface area contributed by atoms with Crippen LogP contribution in [0, 0.1) is 11.3 Å². The summed E-state index contributed by atoms with van der Waals surface area (Å²) in [6, 6.07) is 9.62. The summed E-state index contributed by atoms with van der Waals surface area (Å²) < 4.78 is 24.8. The summed E-state index contributed by atoms with van der Waals surface area (Å²) in [6.45, 7) is -0.211. The number of nitrogens with one attached hydrogen (secondary N) is 1. The molecule has 0 fully saturated rings. The van der Waals surface area contributed by atoms with Gasteiger partial charge in [-0.15, -0.1) is 0 Å². The molecule has 0 aliphatic carbocycles. The summed E-state index contributed by atoms with van der Waals surface area (Å²) in [5, 5.41) is 8.20. The van der Waals surface area contributed by atoms with E-state index < -0.39 is 10.0 Å². The van der Waals surface area contributed by atoms with Gasteiger partial charge in [0.2, 0.25) is 10.0 Å². The second-order valence-electron chi connectivity index (χ2n) is 2.30. The second-order valence-corrected chi connectivity index (χ2v) is 4.06. The zero-order chi connectivity index (χ0) is 9.73. The van der Waals surface area contributed by atoms with Gasteiger partial charge in [-0.25, -0.2) is 8.42 Å². The molecule has 0 saturated carbocycles. The van der Waals surface area contributed by atoms with Gasteiger partial charge in [-0.2, -0.15) is 9.98 Å². The minimum atomic E-state index is -3.49. The summed E-state index contributed by atoms with van der Waals surface area (Å²) in [5.74, 6) is 0. The quantitative estimate of drug-likeness (QED) is 0.715. The fraction of sp³-hybridized carbons (Fsp3) is 0.125. The Morgan fingerprint density at radius 3 is 2.46 bits per heavy atom. The minimum absolute atomic E-state index is 0.172. The fourth-order valence-electron chi connectivity index (χ4n) is 0.810. The molecule has 0 heterocycles. The fourth-order valence-corrected chi connectivity index (χ4v) is 1.75. The summed E-state index contributed by atoms with van der Waals surface area (Å²) in [7, 11) is -3.49. The van der Waals surface area contributed by atoms with Crippen molar-refractivity contribution < 1.29 is 8.42 Å². The highest BCUT2D eigenvalue weighted by molar-refractivity contribution is 7.89. The highest BCUT2D eigenvalue weighted by Crippen LogP contribution is 2.05. The molecule has 1 aromatic rings. The lowest BCUT2D eigenvalue weighted by molar-refractivity contribution is 0.586. The molecule has 0 aliphatic heterocycles. The van der Waals surface area contributed by atoms with Gasteiger partial charge in [0.15, 0.2) is 0 Å². The molecular weight excluding hydrogens is 188 g/mol. The number of rotatable bonds is 3. The molecule has 0 saturated heterocycles. The Labute approximate surface area is 76.9 Å². The number of hydrogen-bond acceptors (Lipinski definition) is 3. The number of benzene rings is 1. The molecule has 0 amide bonds. The predicted octanol–water partition coefficient (Wildman–Crippen LogP) is 0.488. The molecule has 0 radical (unpaired) electrons. The first-order valence-electron chi connectivity index (χ1n) is 3.58. The second kappa shape index (κ2) is 4.03. The van der Waals surface area contributed by atoms with Crippen molar-refractivity contribution in [2.45, 2.75) is 4.90 Å². The number of nitriles is 1. The van der Waals surface area contributed by atoms with E-state index >= 15 is 0 Å². The van der Waals surface area contributed by atoms with Crippen LogP contribution in [0.15, 0.2) is 35.2 Å². The molecule has 4 nitrogen and oxygen atoms in total. The van der Waals surface area contributed by atoms with E-state index in [0.29, 0.717) is 0 Å². The van der Waals surface area contributed by atoms with Crippen LogP contribution >= 0.6 is 0 Å². The third-order valence-corrected chi connectivity index (χ3v) is 2.81. The Kier molecular flexibility index (Phi) is 3.01. The van der Waals surface area contributed by atoms with Gasteiger partial charge in [0.25, 0.3) is 0 Å². The van der Waals surface area contributed by atoms with E-state index in [1.165, 1.54) is 12.1 Å². The van der Waals surface area contributed by atoms with Gasteiger partial charge in [0.05, 0.1) is 17.5 Å². The Bertz CT molecular complexity index is 406. The molecule has 13 heavy (non-hydrogen) atoms. The molecule has 5 heteroatoms. The first kappa shape index (κ1) is 9.71. The highest BCUT2D eigenvalue weighted by Gasteiger charge is 2.11. The van der Waals surface area contributed by atoms with Crippen molar-refractivity contribution >= 4 is 10.0 Å². The van der Waals surface area contributed by atoms with E-state index in [0.717, 1.165) is 0 Å². The molecular formula is C8H8N2O2S. The Morgan fingerprint density at radius 2 is 1.92 bits per heavy atom. The SMILES string of the molecule is N#CCNS(=O)(=O)c1ccccc1. The van der Waals surface area contributed by atoms with Gasteiger partial charge in [0.1, 0.15) is 0 Å². The zero-order valence-electron chi connectivity index (χ0n) is 6.77. The molecule has 0 unspecified atom stereocenters. The van der Waals surface area contributed by atoms with E-state index in [1.807, 2.05) is 0 Å². The molecule has 0 bridgehead atoms. The van der Waals surface area contributed by atoms with Crippen LogP contribution in [0.1, 0.15) is 0 Å². The summed E-state index contributed by atoms with van der Waals surface area (Å²) >= 11 is 0. The van der Waals surface area contributed by atoms with Crippen LogP contribution in [0.25, 0.3) is 0 Å². The summed E-state index contributed by atoms with van der Waals surface area (Å²) in [5.41, 5.74) is 0. The van der Waals surface area contributed by atoms with Crippen LogP contribution in [0.2, 0.25) is 0 Å². The van der Waals surface area contributed by atoms with Crippen LogP contribution in [0.4, 0.5) is 0 Å². The Morgan fingerprint density at radius 1 is 1.31 bits per heavy atom. The molecule has 0 spiro atoms.